The van der Waals surface area contributed by atoms with E-state index >= 15 is 0 Å². The first-order valence-electron chi connectivity index (χ1n) is 8.56. The van der Waals surface area contributed by atoms with Gasteiger partial charge >= 0.3 is 0 Å². The van der Waals surface area contributed by atoms with Gasteiger partial charge in [0.25, 0.3) is 5.91 Å². The fourth-order valence-corrected chi connectivity index (χ4v) is 3.94. The van der Waals surface area contributed by atoms with Crippen molar-refractivity contribution in [3.05, 3.63) is 63.9 Å². The van der Waals surface area contributed by atoms with Gasteiger partial charge in [0.1, 0.15) is 5.75 Å². The van der Waals surface area contributed by atoms with Crippen molar-refractivity contribution in [3.8, 4) is 5.75 Å². The molecule has 0 unspecified atom stereocenters. The van der Waals surface area contributed by atoms with Crippen LogP contribution in [0.4, 0.5) is 0 Å². The van der Waals surface area contributed by atoms with Crippen LogP contribution in [0, 0.1) is 6.92 Å². The monoisotopic (exact) mass is 369 g/mol. The molecule has 1 atom stereocenters. The molecule has 1 aromatic carbocycles. The number of amides is 1. The standard InChI is InChI=1S/C19H19N3O3S/c1-13-20-18(21-25-13)11-24-16-6-4-14(5-7-16)19(23)22-9-2-3-17(22)15-8-10-26-12-15/h4-8,10,12,17H,2-3,9,11H2,1H3/t17-/m0/s1. The molecular weight excluding hydrogens is 350 g/mol. The highest BCUT2D eigenvalue weighted by Crippen LogP contribution is 2.34. The summed E-state index contributed by atoms with van der Waals surface area (Å²) in [6.45, 7) is 2.77. The fourth-order valence-electron chi connectivity index (χ4n) is 3.23. The van der Waals surface area contributed by atoms with Crippen LogP contribution in [0.1, 0.15) is 46.5 Å². The van der Waals surface area contributed by atoms with E-state index in [-0.39, 0.29) is 18.6 Å². The molecule has 1 aliphatic heterocycles. The van der Waals surface area contributed by atoms with E-state index in [9.17, 15) is 4.79 Å². The third-order valence-corrected chi connectivity index (χ3v) is 5.18. The molecule has 134 valence electrons. The molecule has 1 aliphatic rings. The maximum absolute atomic E-state index is 12.9. The zero-order valence-electron chi connectivity index (χ0n) is 14.4. The van der Waals surface area contributed by atoms with Crippen molar-refractivity contribution < 1.29 is 14.1 Å². The van der Waals surface area contributed by atoms with E-state index in [0.29, 0.717) is 23.0 Å². The van der Waals surface area contributed by atoms with Gasteiger partial charge in [-0.15, -0.1) is 0 Å². The van der Waals surface area contributed by atoms with Gasteiger partial charge in [0, 0.05) is 19.0 Å². The van der Waals surface area contributed by atoms with Crippen molar-refractivity contribution in [2.24, 2.45) is 0 Å². The number of aryl methyl sites for hydroxylation is 1. The number of carbonyl (C=O) groups is 1. The number of ether oxygens (including phenoxy) is 1. The Balaban J connectivity index is 1.42. The van der Waals surface area contributed by atoms with Gasteiger partial charge in [0.15, 0.2) is 6.61 Å². The van der Waals surface area contributed by atoms with Crippen LogP contribution < -0.4 is 4.74 Å². The van der Waals surface area contributed by atoms with Gasteiger partial charge in [-0.1, -0.05) is 5.16 Å². The Hall–Kier alpha value is -2.67. The van der Waals surface area contributed by atoms with E-state index < -0.39 is 0 Å². The number of aromatic nitrogens is 2. The molecule has 0 saturated carbocycles. The maximum Gasteiger partial charge on any atom is 0.254 e. The Morgan fingerprint density at radius 3 is 2.88 bits per heavy atom. The lowest BCUT2D eigenvalue weighted by Gasteiger charge is -2.24. The predicted octanol–water partition coefficient (Wildman–Crippen LogP) is 4.00. The van der Waals surface area contributed by atoms with Crippen LogP contribution in [0.15, 0.2) is 45.6 Å². The first-order valence-corrected chi connectivity index (χ1v) is 9.50. The highest BCUT2D eigenvalue weighted by atomic mass is 32.1. The maximum atomic E-state index is 12.9. The van der Waals surface area contributed by atoms with Crippen molar-refractivity contribution in [2.75, 3.05) is 6.54 Å². The summed E-state index contributed by atoms with van der Waals surface area (Å²) in [5.41, 5.74) is 1.91. The molecular formula is C19H19N3O3S. The lowest BCUT2D eigenvalue weighted by atomic mass is 10.1. The molecule has 1 saturated heterocycles. The Labute approximate surface area is 155 Å². The number of carbonyl (C=O) groups excluding carboxylic acids is 1. The lowest BCUT2D eigenvalue weighted by molar-refractivity contribution is 0.0736. The van der Waals surface area contributed by atoms with Crippen molar-refractivity contribution in [2.45, 2.75) is 32.4 Å². The van der Waals surface area contributed by atoms with Crippen molar-refractivity contribution >= 4 is 17.2 Å². The first kappa shape index (κ1) is 16.8. The van der Waals surface area contributed by atoms with Gasteiger partial charge in [-0.3, -0.25) is 4.79 Å². The summed E-state index contributed by atoms with van der Waals surface area (Å²) in [6, 6.07) is 9.51. The van der Waals surface area contributed by atoms with Crippen LogP contribution in [0.3, 0.4) is 0 Å². The van der Waals surface area contributed by atoms with E-state index in [4.69, 9.17) is 9.26 Å². The normalized spacial score (nSPS) is 16.8. The number of nitrogens with zero attached hydrogens (tertiary/aromatic N) is 3. The molecule has 6 nitrogen and oxygen atoms in total. The molecule has 0 spiro atoms. The smallest absolute Gasteiger partial charge is 0.254 e. The highest BCUT2D eigenvalue weighted by molar-refractivity contribution is 7.08. The van der Waals surface area contributed by atoms with Crippen LogP contribution in [0.2, 0.25) is 0 Å². The predicted molar refractivity (Wildman–Crippen MR) is 97.1 cm³/mol. The van der Waals surface area contributed by atoms with E-state index in [1.807, 2.05) is 17.0 Å². The topological polar surface area (TPSA) is 68.5 Å². The molecule has 4 rings (SSSR count). The molecule has 7 heteroatoms. The highest BCUT2D eigenvalue weighted by Gasteiger charge is 2.30. The van der Waals surface area contributed by atoms with E-state index in [1.165, 1.54) is 5.56 Å². The third kappa shape index (κ3) is 3.48. The molecule has 1 fully saturated rings. The van der Waals surface area contributed by atoms with Crippen LogP contribution in [0.25, 0.3) is 0 Å². The van der Waals surface area contributed by atoms with Gasteiger partial charge in [0.05, 0.1) is 6.04 Å². The van der Waals surface area contributed by atoms with Gasteiger partial charge < -0.3 is 14.2 Å². The minimum atomic E-state index is 0.0686. The van der Waals surface area contributed by atoms with Crippen molar-refractivity contribution in [3.63, 3.8) is 0 Å². The van der Waals surface area contributed by atoms with E-state index in [2.05, 4.69) is 27.0 Å². The number of rotatable bonds is 5. The first-order chi connectivity index (χ1) is 12.7. The summed E-state index contributed by atoms with van der Waals surface area (Å²) >= 11 is 1.67. The Morgan fingerprint density at radius 2 is 2.19 bits per heavy atom. The molecule has 26 heavy (non-hydrogen) atoms. The Morgan fingerprint density at radius 1 is 1.35 bits per heavy atom. The average molecular weight is 369 g/mol. The summed E-state index contributed by atoms with van der Waals surface area (Å²) < 4.78 is 10.5. The lowest BCUT2D eigenvalue weighted by Crippen LogP contribution is -2.30. The summed E-state index contributed by atoms with van der Waals surface area (Å²) in [7, 11) is 0. The minimum Gasteiger partial charge on any atom is -0.485 e. The number of hydrogen-bond acceptors (Lipinski definition) is 6. The number of likely N-dealkylation sites (tertiary alicyclic amines) is 1. The van der Waals surface area contributed by atoms with Gasteiger partial charge in [0.2, 0.25) is 11.7 Å². The average Bonchev–Trinajstić information content (AvgIpc) is 3.40. The van der Waals surface area contributed by atoms with Crippen LogP contribution >= 0.6 is 11.3 Å². The summed E-state index contributed by atoms with van der Waals surface area (Å²) in [5.74, 6) is 1.74. The minimum absolute atomic E-state index is 0.0686. The Bertz CT molecular complexity index is 874. The third-order valence-electron chi connectivity index (χ3n) is 4.48. The zero-order chi connectivity index (χ0) is 17.9. The summed E-state index contributed by atoms with van der Waals surface area (Å²) in [6.07, 6.45) is 2.06. The molecule has 1 amide bonds. The van der Waals surface area contributed by atoms with Gasteiger partial charge in [-0.25, -0.2) is 0 Å². The van der Waals surface area contributed by atoms with Crippen LogP contribution in [-0.2, 0) is 6.61 Å². The molecule has 3 aromatic rings. The van der Waals surface area contributed by atoms with Crippen molar-refractivity contribution in [1.82, 2.24) is 15.0 Å². The molecule has 3 heterocycles. The molecule has 0 radical (unpaired) electrons. The molecule has 0 N–H and O–H groups in total. The molecule has 2 aromatic heterocycles. The number of hydrogen-bond donors (Lipinski definition) is 0. The van der Waals surface area contributed by atoms with Crippen LogP contribution in [-0.4, -0.2) is 27.5 Å². The second kappa shape index (κ2) is 7.29. The van der Waals surface area contributed by atoms with Crippen LogP contribution in [0.5, 0.6) is 5.75 Å². The fraction of sp³-hybridized carbons (Fsp3) is 0.316. The molecule has 0 aliphatic carbocycles. The van der Waals surface area contributed by atoms with Gasteiger partial charge in [-0.2, -0.15) is 16.3 Å². The van der Waals surface area contributed by atoms with Gasteiger partial charge in [-0.05, 0) is 59.5 Å². The largest absolute Gasteiger partial charge is 0.485 e. The second-order valence-corrected chi connectivity index (χ2v) is 7.04. The zero-order valence-corrected chi connectivity index (χ0v) is 15.2. The number of benzene rings is 1. The SMILES string of the molecule is Cc1nc(COc2ccc(C(=O)N3CCC[C@H]3c3ccsc3)cc2)no1. The Kier molecular flexibility index (Phi) is 4.71. The van der Waals surface area contributed by atoms with E-state index in [0.717, 1.165) is 19.4 Å². The molecule has 0 bridgehead atoms. The summed E-state index contributed by atoms with van der Waals surface area (Å²) in [4.78, 5) is 19.0. The van der Waals surface area contributed by atoms with Crippen molar-refractivity contribution in [1.29, 1.82) is 0 Å². The van der Waals surface area contributed by atoms with E-state index in [1.54, 1.807) is 30.4 Å². The quantitative estimate of drug-likeness (QED) is 0.680. The second-order valence-electron chi connectivity index (χ2n) is 6.26. The number of thiophene rings is 1. The summed E-state index contributed by atoms with van der Waals surface area (Å²) in [5, 5.41) is 7.99.